The monoisotopic (exact) mass is 393 g/mol. The smallest absolute Gasteiger partial charge is 0.329 e. The summed E-state index contributed by atoms with van der Waals surface area (Å²) >= 11 is 0. The van der Waals surface area contributed by atoms with Gasteiger partial charge in [-0.2, -0.15) is 4.73 Å². The number of rotatable bonds is 7. The van der Waals surface area contributed by atoms with Gasteiger partial charge in [-0.25, -0.2) is 9.18 Å². The van der Waals surface area contributed by atoms with Crippen molar-refractivity contribution in [1.82, 2.24) is 4.73 Å². The van der Waals surface area contributed by atoms with Crippen LogP contribution in [-0.2, 0) is 4.79 Å². The van der Waals surface area contributed by atoms with E-state index in [1.807, 2.05) is 42.5 Å². The molecule has 0 amide bonds. The lowest BCUT2D eigenvalue weighted by Crippen LogP contribution is -2.15. The predicted octanol–water partition coefficient (Wildman–Crippen LogP) is 4.76. The van der Waals surface area contributed by atoms with E-state index >= 15 is 0 Å². The number of ether oxygens (including phenoxy) is 2. The third-order valence-corrected chi connectivity index (χ3v) is 4.44. The van der Waals surface area contributed by atoms with Crippen LogP contribution in [0.15, 0.2) is 66.7 Å². The molecule has 0 spiro atoms. The minimum atomic E-state index is -0.395. The van der Waals surface area contributed by atoms with Gasteiger partial charge in [0.05, 0.1) is 24.2 Å². The molecule has 5 nitrogen and oxygen atoms in total. The van der Waals surface area contributed by atoms with Crippen LogP contribution in [0.4, 0.5) is 4.39 Å². The Kier molecular flexibility index (Phi) is 5.33. The van der Waals surface area contributed by atoms with Gasteiger partial charge in [0.15, 0.2) is 0 Å². The summed E-state index contributed by atoms with van der Waals surface area (Å²) < 4.78 is 26.0. The summed E-state index contributed by atoms with van der Waals surface area (Å²) in [5.74, 6) is 0.445. The second kappa shape index (κ2) is 8.22. The molecule has 0 aliphatic heterocycles. The number of carbonyl (C=O) groups is 1. The fraction of sp³-hybridized carbons (Fsp3) is 0.174. The molecule has 0 aliphatic rings. The SMILES string of the molecule is CC(=O)On1c2ccccc2c2ccc(OCCCOc3cccc(F)c3)cc21. The molecule has 0 N–H and O–H groups in total. The maximum atomic E-state index is 13.1. The Morgan fingerprint density at radius 2 is 1.59 bits per heavy atom. The lowest BCUT2D eigenvalue weighted by Gasteiger charge is -2.09. The van der Waals surface area contributed by atoms with Crippen LogP contribution in [0.1, 0.15) is 13.3 Å². The highest BCUT2D eigenvalue weighted by Gasteiger charge is 2.13. The predicted molar refractivity (Wildman–Crippen MR) is 109 cm³/mol. The molecule has 0 bridgehead atoms. The van der Waals surface area contributed by atoms with Gasteiger partial charge >= 0.3 is 5.97 Å². The minimum absolute atomic E-state index is 0.324. The number of hydrogen-bond acceptors (Lipinski definition) is 4. The Hall–Kier alpha value is -3.54. The van der Waals surface area contributed by atoms with E-state index in [1.54, 1.807) is 12.1 Å². The van der Waals surface area contributed by atoms with E-state index in [9.17, 15) is 9.18 Å². The van der Waals surface area contributed by atoms with Gasteiger partial charge < -0.3 is 14.3 Å². The zero-order chi connectivity index (χ0) is 20.2. The summed E-state index contributed by atoms with van der Waals surface area (Å²) in [5.41, 5.74) is 1.58. The van der Waals surface area contributed by atoms with Crippen LogP contribution in [0.25, 0.3) is 21.8 Å². The van der Waals surface area contributed by atoms with Crippen molar-refractivity contribution in [3.63, 3.8) is 0 Å². The first-order valence-electron chi connectivity index (χ1n) is 9.35. The van der Waals surface area contributed by atoms with E-state index in [0.717, 1.165) is 21.8 Å². The maximum Gasteiger partial charge on any atom is 0.329 e. The summed E-state index contributed by atoms with van der Waals surface area (Å²) in [6.45, 7) is 2.23. The average Bonchev–Trinajstić information content (AvgIpc) is 3.01. The molecule has 0 radical (unpaired) electrons. The fourth-order valence-electron chi connectivity index (χ4n) is 3.23. The van der Waals surface area contributed by atoms with Gasteiger partial charge in [0.25, 0.3) is 0 Å². The highest BCUT2D eigenvalue weighted by molar-refractivity contribution is 6.08. The molecule has 6 heteroatoms. The standard InChI is InChI=1S/C23H20FNO4/c1-16(26)29-25-22-9-3-2-8-20(22)21-11-10-19(15-23(21)25)28-13-5-12-27-18-7-4-6-17(24)14-18/h2-4,6-11,14-15H,5,12-13H2,1H3. The summed E-state index contributed by atoms with van der Waals surface area (Å²) in [4.78, 5) is 17.0. The van der Waals surface area contributed by atoms with Gasteiger partial charge in [-0.3, -0.25) is 0 Å². The molecule has 0 saturated carbocycles. The number of para-hydroxylation sites is 1. The molecule has 0 unspecified atom stereocenters. The first-order chi connectivity index (χ1) is 14.1. The van der Waals surface area contributed by atoms with Crippen molar-refractivity contribution in [3.8, 4) is 11.5 Å². The van der Waals surface area contributed by atoms with Gasteiger partial charge in [0.2, 0.25) is 0 Å². The normalized spacial score (nSPS) is 11.0. The van der Waals surface area contributed by atoms with Crippen molar-refractivity contribution in [1.29, 1.82) is 0 Å². The molecule has 0 aliphatic carbocycles. The molecule has 0 fully saturated rings. The molecule has 1 heterocycles. The highest BCUT2D eigenvalue weighted by atomic mass is 19.1. The van der Waals surface area contributed by atoms with E-state index in [-0.39, 0.29) is 5.82 Å². The molecule has 0 saturated heterocycles. The molecular weight excluding hydrogens is 373 g/mol. The summed E-state index contributed by atoms with van der Waals surface area (Å²) in [6.07, 6.45) is 0.640. The van der Waals surface area contributed by atoms with E-state index in [4.69, 9.17) is 14.3 Å². The fourth-order valence-corrected chi connectivity index (χ4v) is 3.23. The first-order valence-corrected chi connectivity index (χ1v) is 9.35. The molecule has 3 aromatic carbocycles. The summed E-state index contributed by atoms with van der Waals surface area (Å²) in [5, 5.41) is 1.97. The zero-order valence-corrected chi connectivity index (χ0v) is 15.9. The van der Waals surface area contributed by atoms with E-state index < -0.39 is 5.97 Å². The molecule has 4 aromatic rings. The topological polar surface area (TPSA) is 49.7 Å². The first kappa shape index (κ1) is 18.8. The van der Waals surface area contributed by atoms with Crippen molar-refractivity contribution in [2.75, 3.05) is 13.2 Å². The van der Waals surface area contributed by atoms with Crippen molar-refractivity contribution in [2.24, 2.45) is 0 Å². The van der Waals surface area contributed by atoms with Crippen LogP contribution in [0.5, 0.6) is 11.5 Å². The van der Waals surface area contributed by atoms with Crippen LogP contribution in [0.3, 0.4) is 0 Å². The maximum absolute atomic E-state index is 13.1. The lowest BCUT2D eigenvalue weighted by molar-refractivity contribution is -0.140. The second-order valence-corrected chi connectivity index (χ2v) is 6.58. The minimum Gasteiger partial charge on any atom is -0.493 e. The van der Waals surface area contributed by atoms with Crippen molar-refractivity contribution < 1.29 is 23.5 Å². The molecule has 1 aromatic heterocycles. The van der Waals surface area contributed by atoms with Gasteiger partial charge in [-0.15, -0.1) is 0 Å². The third kappa shape index (κ3) is 4.16. The number of hydrogen-bond donors (Lipinski definition) is 0. The van der Waals surface area contributed by atoms with Gasteiger partial charge in [-0.1, -0.05) is 24.3 Å². The third-order valence-electron chi connectivity index (χ3n) is 4.44. The molecule has 29 heavy (non-hydrogen) atoms. The Morgan fingerprint density at radius 1 is 0.862 bits per heavy atom. The van der Waals surface area contributed by atoms with Crippen LogP contribution in [0.2, 0.25) is 0 Å². The highest BCUT2D eigenvalue weighted by Crippen LogP contribution is 2.30. The van der Waals surface area contributed by atoms with Crippen LogP contribution in [0, 0.1) is 5.82 Å². The number of carbonyl (C=O) groups excluding carboxylic acids is 1. The number of nitrogens with zero attached hydrogens (tertiary/aromatic N) is 1. The quantitative estimate of drug-likeness (QED) is 0.425. The number of fused-ring (bicyclic) bond motifs is 3. The Balaban J connectivity index is 1.45. The number of aromatic nitrogens is 1. The Morgan fingerprint density at radius 3 is 2.34 bits per heavy atom. The van der Waals surface area contributed by atoms with Crippen molar-refractivity contribution in [3.05, 3.63) is 72.5 Å². The van der Waals surface area contributed by atoms with Crippen LogP contribution in [-0.4, -0.2) is 23.9 Å². The van der Waals surface area contributed by atoms with Gasteiger partial charge in [0.1, 0.15) is 17.3 Å². The lowest BCUT2D eigenvalue weighted by atomic mass is 10.1. The zero-order valence-electron chi connectivity index (χ0n) is 15.9. The number of halogens is 1. The molecule has 0 atom stereocenters. The Labute approximate surface area is 167 Å². The van der Waals surface area contributed by atoms with Crippen LogP contribution < -0.4 is 14.3 Å². The van der Waals surface area contributed by atoms with Crippen LogP contribution >= 0.6 is 0 Å². The number of benzene rings is 3. The van der Waals surface area contributed by atoms with E-state index in [2.05, 4.69) is 0 Å². The summed E-state index contributed by atoms with van der Waals surface area (Å²) in [6, 6.07) is 19.5. The van der Waals surface area contributed by atoms with Crippen molar-refractivity contribution >= 4 is 27.8 Å². The van der Waals surface area contributed by atoms with E-state index in [0.29, 0.717) is 31.1 Å². The second-order valence-electron chi connectivity index (χ2n) is 6.58. The van der Waals surface area contributed by atoms with E-state index in [1.165, 1.54) is 23.8 Å². The van der Waals surface area contributed by atoms with Crippen molar-refractivity contribution in [2.45, 2.75) is 13.3 Å². The van der Waals surface area contributed by atoms with Gasteiger partial charge in [0, 0.05) is 36.2 Å². The summed E-state index contributed by atoms with van der Waals surface area (Å²) in [7, 11) is 0. The Bertz CT molecular complexity index is 1170. The average molecular weight is 393 g/mol. The van der Waals surface area contributed by atoms with Gasteiger partial charge in [-0.05, 0) is 30.3 Å². The molecule has 4 rings (SSSR count). The largest absolute Gasteiger partial charge is 0.493 e. The molecule has 148 valence electrons. The molecular formula is C23H20FNO4.